The van der Waals surface area contributed by atoms with Crippen LogP contribution in [-0.4, -0.2) is 97.0 Å². The number of hydrogen-bond donors (Lipinski definition) is 4. The lowest BCUT2D eigenvalue weighted by atomic mass is 10.0. The number of allylic oxidation sites excluding steroid dienone is 1. The Balaban J connectivity index is 0.000000183. The van der Waals surface area contributed by atoms with E-state index in [9.17, 15) is 29.3 Å². The van der Waals surface area contributed by atoms with Gasteiger partial charge in [-0.15, -0.1) is 0 Å². The number of carbonyl (C=O) groups is 1. The van der Waals surface area contributed by atoms with Crippen LogP contribution >= 0.6 is 69.6 Å². The first-order valence-electron chi connectivity index (χ1n) is 31.2. The van der Waals surface area contributed by atoms with Crippen molar-refractivity contribution in [1.29, 1.82) is 0 Å². The molecular formula is C74H68Cl6N14O12. The van der Waals surface area contributed by atoms with E-state index in [2.05, 4.69) is 52.4 Å². The van der Waals surface area contributed by atoms with E-state index in [1.165, 1.54) is 80.8 Å². The number of rotatable bonds is 19. The maximum atomic E-state index is 13.5. The highest BCUT2D eigenvalue weighted by Crippen LogP contribution is 2.49. The molecule has 5 N–H and O–H groups in total. The van der Waals surface area contributed by atoms with Gasteiger partial charge in [-0.25, -0.2) is 15.0 Å². The summed E-state index contributed by atoms with van der Waals surface area (Å²) in [5.74, 6) is 2.47. The molecule has 6 heterocycles. The number of nitrogens with one attached hydrogen (secondary N) is 3. The van der Waals surface area contributed by atoms with E-state index in [4.69, 9.17) is 104 Å². The van der Waals surface area contributed by atoms with Gasteiger partial charge in [0.05, 0.1) is 106 Å². The molecule has 0 saturated carbocycles. The van der Waals surface area contributed by atoms with Crippen molar-refractivity contribution in [3.05, 3.63) is 216 Å². The van der Waals surface area contributed by atoms with Crippen LogP contribution in [-0.2, 0) is 32.4 Å². The van der Waals surface area contributed by atoms with Gasteiger partial charge in [0.15, 0.2) is 5.78 Å². The molecule has 0 atom stereocenters. The smallest absolute Gasteiger partial charge is 0.293 e. The Bertz CT molecular complexity index is 5620. The van der Waals surface area contributed by atoms with Crippen LogP contribution < -0.4 is 66.8 Å². The number of aryl methyl sites for hydroxylation is 6. The largest absolute Gasteiger partial charge is 0.495 e. The van der Waals surface area contributed by atoms with Crippen LogP contribution in [0.4, 0.5) is 46.3 Å². The molecule has 6 aromatic carbocycles. The summed E-state index contributed by atoms with van der Waals surface area (Å²) in [6.07, 6.45) is 6.19. The quantitative estimate of drug-likeness (QED) is 0.0253. The molecule has 0 fully saturated rings. The first-order valence-corrected chi connectivity index (χ1v) is 33.5. The maximum Gasteiger partial charge on any atom is 0.293 e. The third kappa shape index (κ3) is 15.6. The third-order valence-electron chi connectivity index (χ3n) is 16.8. The number of pyridine rings is 3. The van der Waals surface area contributed by atoms with Crippen LogP contribution in [0.2, 0.25) is 30.1 Å². The first kappa shape index (κ1) is 78.9. The average Bonchev–Trinajstić information content (AvgIpc) is 0.765. The standard InChI is InChI=1S/C27H24Cl2N4O4.C23H19Cl2N5O5.C23H21Cl2N5O3.CH4/c1-6-17(34)10-15-9-7-8-14(2)24(15)31-27-30-13-16-11-18(26(35)33(3)25(16)32-27)21-22(28)19(36-4)12-20(37-5)23(21)29;1-11-6-5-7-14(30(32)33)20(11)27-23-26-10-12-8-13(22(31)29(2)21(12)28-23)17-18(24)15(34-3)9-16(35-4)19(17)25;1-11-6-5-7-14(26)20(11)28-23-27-10-12-8-13(22(31)30(2)21(12)29-23)17-18(24)15(32-3)9-16(33-4)19(17)25;/h6-9,11-13H,1,10H2,2-5H3,(H,30,31,32);5-10H,1-4H3,(H,26,27,28);5-10H,26H2,1-4H3,(H,27,28,29);1H4. The Morgan fingerprint density at radius 3 is 1.12 bits per heavy atom. The average molecular weight is 1560 g/mol. The fourth-order valence-electron chi connectivity index (χ4n) is 11.3. The Kier molecular flexibility index (Phi) is 24.7. The number of nitro groups is 1. The van der Waals surface area contributed by atoms with Crippen LogP contribution in [0.3, 0.4) is 0 Å². The minimum absolute atomic E-state index is 0. The summed E-state index contributed by atoms with van der Waals surface area (Å²) in [4.78, 5) is 89.7. The molecule has 106 heavy (non-hydrogen) atoms. The lowest BCUT2D eigenvalue weighted by Gasteiger charge is -2.16. The number of halogens is 6. The number of aromatic nitrogens is 9. The zero-order valence-corrected chi connectivity index (χ0v) is 62.6. The second kappa shape index (κ2) is 33.2. The number of fused-ring (bicyclic) bond motifs is 3. The van der Waals surface area contributed by atoms with Gasteiger partial charge in [0.2, 0.25) is 17.8 Å². The van der Waals surface area contributed by atoms with Crippen molar-refractivity contribution in [2.45, 2.75) is 34.6 Å². The number of nitrogen functional groups attached to an aromatic ring is 1. The topological polar surface area (TPSA) is 321 Å². The number of nitrogens with two attached hydrogens (primary N) is 1. The van der Waals surface area contributed by atoms with E-state index in [1.807, 2.05) is 44.2 Å². The van der Waals surface area contributed by atoms with E-state index in [0.717, 1.165) is 22.4 Å². The molecule has 0 radical (unpaired) electrons. The summed E-state index contributed by atoms with van der Waals surface area (Å²) < 4.78 is 36.1. The Labute approximate surface area is 636 Å². The number of anilines is 7. The van der Waals surface area contributed by atoms with Crippen LogP contribution in [0.1, 0.15) is 29.7 Å². The van der Waals surface area contributed by atoms with Gasteiger partial charge in [0.25, 0.3) is 22.4 Å². The van der Waals surface area contributed by atoms with Gasteiger partial charge in [0, 0.05) is 109 Å². The molecule has 0 amide bonds. The number of nitrogens with zero attached hydrogens (tertiary/aromatic N) is 10. The van der Waals surface area contributed by atoms with Crippen molar-refractivity contribution in [2.75, 3.05) is 64.3 Å². The van der Waals surface area contributed by atoms with Gasteiger partial charge < -0.3 is 50.1 Å². The molecular weight excluding hydrogens is 1490 g/mol. The van der Waals surface area contributed by atoms with Crippen LogP contribution in [0.5, 0.6) is 34.5 Å². The number of hydrogen-bond acceptors (Lipinski definition) is 22. The predicted molar refractivity (Wildman–Crippen MR) is 420 cm³/mol. The number of methoxy groups -OCH3 is 6. The van der Waals surface area contributed by atoms with Gasteiger partial charge in [-0.3, -0.25) is 43.0 Å². The predicted octanol–water partition coefficient (Wildman–Crippen LogP) is 16.5. The summed E-state index contributed by atoms with van der Waals surface area (Å²) in [7, 11) is 13.5. The molecule has 0 aliphatic rings. The second-order valence-electron chi connectivity index (χ2n) is 23.1. The van der Waals surface area contributed by atoms with Gasteiger partial charge in [-0.1, -0.05) is 126 Å². The minimum Gasteiger partial charge on any atom is -0.495 e. The normalized spacial score (nSPS) is 10.8. The van der Waals surface area contributed by atoms with Gasteiger partial charge in [-0.05, 0) is 73.4 Å². The van der Waals surface area contributed by atoms with Crippen molar-refractivity contribution in [3.8, 4) is 67.9 Å². The Morgan fingerprint density at radius 2 is 0.802 bits per heavy atom. The number of para-hydroxylation sites is 3. The molecule has 26 nitrogen and oxygen atoms in total. The SMILES string of the molecule is C.C=CC(=O)Cc1cccc(C)c1Nc1ncc2cc(-c3c(Cl)c(OC)cc(OC)c3Cl)c(=O)n(C)c2n1.COc1cc(OC)c(Cl)c(-c2cc3cnc(Nc4c(C)cccc4N)nc3n(C)c2=O)c1Cl.COc1cc(OC)c(Cl)c(-c2cc3cnc(Nc4c(C)cccc4[N+](=O)[O-])nc3n(C)c2=O)c1Cl. The van der Waals surface area contributed by atoms with Crippen molar-refractivity contribution < 1.29 is 38.1 Å². The zero-order chi connectivity index (χ0) is 76.2. The van der Waals surface area contributed by atoms with Crippen LogP contribution in [0.15, 0.2) is 137 Å². The summed E-state index contributed by atoms with van der Waals surface area (Å²) >= 11 is 39.2. The van der Waals surface area contributed by atoms with Gasteiger partial charge >= 0.3 is 0 Å². The highest BCUT2D eigenvalue weighted by Gasteiger charge is 2.27. The number of ketones is 1. The number of carbonyl (C=O) groups excluding carboxylic acids is 1. The molecule has 32 heteroatoms. The van der Waals surface area contributed by atoms with E-state index in [0.29, 0.717) is 102 Å². The summed E-state index contributed by atoms with van der Waals surface area (Å²) in [6, 6.07) is 25.5. The van der Waals surface area contributed by atoms with E-state index in [1.54, 1.807) is 89.0 Å². The summed E-state index contributed by atoms with van der Waals surface area (Å²) in [5.41, 5.74) is 13.1. The molecule has 0 aliphatic heterocycles. The fourth-order valence-corrected chi connectivity index (χ4v) is 13.4. The Morgan fingerprint density at radius 1 is 0.500 bits per heavy atom. The lowest BCUT2D eigenvalue weighted by molar-refractivity contribution is -0.384. The molecule has 0 unspecified atom stereocenters. The summed E-state index contributed by atoms with van der Waals surface area (Å²) in [5, 5.41) is 23.5. The van der Waals surface area contributed by atoms with E-state index < -0.39 is 10.5 Å². The third-order valence-corrected chi connectivity index (χ3v) is 19.0. The summed E-state index contributed by atoms with van der Waals surface area (Å²) in [6.45, 7) is 9.13. The van der Waals surface area contributed by atoms with Crippen LogP contribution in [0.25, 0.3) is 66.5 Å². The van der Waals surface area contributed by atoms with Gasteiger partial charge in [-0.2, -0.15) is 15.0 Å². The lowest BCUT2D eigenvalue weighted by Crippen LogP contribution is -2.20. The van der Waals surface area contributed by atoms with Crippen molar-refractivity contribution in [1.82, 2.24) is 43.6 Å². The second-order valence-corrected chi connectivity index (χ2v) is 25.4. The molecule has 0 saturated heterocycles. The molecule has 12 aromatic rings. The highest BCUT2D eigenvalue weighted by molar-refractivity contribution is 6.42. The maximum absolute atomic E-state index is 13.5. The zero-order valence-electron chi connectivity index (χ0n) is 58.1. The molecule has 6 aromatic heterocycles. The van der Waals surface area contributed by atoms with Crippen molar-refractivity contribution in [2.24, 2.45) is 21.1 Å². The minimum atomic E-state index is -0.492. The monoisotopic (exact) mass is 1550 g/mol. The molecule has 548 valence electrons. The molecule has 0 aliphatic carbocycles. The number of benzene rings is 6. The molecule has 0 bridgehead atoms. The molecule has 0 spiro atoms. The fraction of sp³-hybridized carbons (Fsp3) is 0.189. The molecule has 12 rings (SSSR count). The van der Waals surface area contributed by atoms with Crippen molar-refractivity contribution >= 4 is 155 Å². The number of ether oxygens (including phenoxy) is 6. The highest BCUT2D eigenvalue weighted by atomic mass is 35.5. The van der Waals surface area contributed by atoms with E-state index >= 15 is 0 Å². The van der Waals surface area contributed by atoms with Crippen LogP contribution in [0, 0.1) is 30.9 Å². The van der Waals surface area contributed by atoms with E-state index in [-0.39, 0.29) is 106 Å². The Hall–Kier alpha value is -11.3. The first-order chi connectivity index (χ1) is 50.1. The number of nitro benzene ring substituents is 1. The van der Waals surface area contributed by atoms with Gasteiger partial charge in [0.1, 0.15) is 57.1 Å². The van der Waals surface area contributed by atoms with Crippen molar-refractivity contribution in [3.63, 3.8) is 0 Å².